The Hall–Kier alpha value is -0.0451. The summed E-state index contributed by atoms with van der Waals surface area (Å²) < 4.78 is 0. The van der Waals surface area contributed by atoms with E-state index in [1.807, 2.05) is 0 Å². The third kappa shape index (κ3) is 9.20. The summed E-state index contributed by atoms with van der Waals surface area (Å²) in [5.41, 5.74) is 10.7. The molecule has 0 unspecified atom stereocenters. The maximum Gasteiger partial charge on any atom is 0.451 e. The van der Waals surface area contributed by atoms with Crippen molar-refractivity contribution in [2.24, 2.45) is 17.4 Å². The highest BCUT2D eigenvalue weighted by Gasteiger charge is 2.22. The van der Waals surface area contributed by atoms with Gasteiger partial charge in [-0.25, -0.2) is 0 Å². The van der Waals surface area contributed by atoms with E-state index in [1.165, 1.54) is 0 Å². The number of carboxylic acids is 1. The highest BCUT2D eigenvalue weighted by Crippen LogP contribution is 2.11. The molecule has 0 bridgehead atoms. The van der Waals surface area contributed by atoms with E-state index in [2.05, 4.69) is 0 Å². The van der Waals surface area contributed by atoms with Crippen LogP contribution in [0.25, 0.3) is 0 Å². The van der Waals surface area contributed by atoms with Gasteiger partial charge in [-0.15, -0.1) is 24.8 Å². The van der Waals surface area contributed by atoms with Crippen LogP contribution in [0.15, 0.2) is 0 Å². The first kappa shape index (κ1) is 21.3. The van der Waals surface area contributed by atoms with Crippen LogP contribution in [-0.4, -0.2) is 40.8 Å². The quantitative estimate of drug-likeness (QED) is 0.382. The Balaban J connectivity index is -0.000000845. The zero-order valence-corrected chi connectivity index (χ0v) is 10.4. The van der Waals surface area contributed by atoms with E-state index >= 15 is 0 Å². The normalized spacial score (nSPS) is 13.0. The van der Waals surface area contributed by atoms with Crippen LogP contribution < -0.4 is 11.5 Å². The summed E-state index contributed by atoms with van der Waals surface area (Å²) >= 11 is 0. The monoisotopic (exact) mass is 276 g/mol. The molecule has 0 aromatic heterocycles. The Morgan fingerprint density at radius 2 is 1.81 bits per heavy atom. The van der Waals surface area contributed by atoms with Crippen molar-refractivity contribution in [1.29, 1.82) is 0 Å². The molecule has 0 aromatic carbocycles. The van der Waals surface area contributed by atoms with Crippen molar-refractivity contribution < 1.29 is 19.9 Å². The number of hydrogen-bond donors (Lipinski definition) is 5. The third-order valence-corrected chi connectivity index (χ3v) is 2.13. The number of rotatable bonds is 7. The van der Waals surface area contributed by atoms with Crippen LogP contribution in [0, 0.1) is 5.92 Å². The molecule has 0 fully saturated rings. The van der Waals surface area contributed by atoms with Crippen LogP contribution in [0.4, 0.5) is 0 Å². The highest BCUT2D eigenvalue weighted by atomic mass is 35.5. The molecule has 0 aromatic rings. The topological polar surface area (TPSA) is 130 Å². The van der Waals surface area contributed by atoms with Crippen molar-refractivity contribution in [1.82, 2.24) is 0 Å². The average Bonchev–Trinajstić information content (AvgIpc) is 2.10. The molecule has 0 saturated carbocycles. The van der Waals surface area contributed by atoms with Crippen molar-refractivity contribution in [2.45, 2.75) is 25.2 Å². The van der Waals surface area contributed by atoms with Crippen molar-refractivity contribution >= 4 is 37.9 Å². The van der Waals surface area contributed by atoms with E-state index in [1.54, 1.807) is 0 Å². The van der Waals surface area contributed by atoms with E-state index in [0.29, 0.717) is 12.8 Å². The predicted molar refractivity (Wildman–Crippen MR) is 66.9 cm³/mol. The Morgan fingerprint density at radius 1 is 1.31 bits per heavy atom. The van der Waals surface area contributed by atoms with Crippen molar-refractivity contribution in [3.63, 3.8) is 0 Å². The zero-order chi connectivity index (χ0) is 11.1. The number of carbonyl (C=O) groups is 1. The second kappa shape index (κ2) is 11.4. The number of aliphatic carboxylic acids is 1. The smallest absolute Gasteiger partial charge is 0.451 e. The zero-order valence-electron chi connectivity index (χ0n) is 8.78. The molecule has 0 radical (unpaired) electrons. The van der Waals surface area contributed by atoms with Crippen molar-refractivity contribution in [3.05, 3.63) is 0 Å². The Kier molecular flexibility index (Phi) is 15.2. The second-order valence-corrected chi connectivity index (χ2v) is 3.27. The van der Waals surface area contributed by atoms with Gasteiger partial charge >= 0.3 is 13.1 Å². The lowest BCUT2D eigenvalue weighted by Crippen LogP contribution is -2.41. The first-order valence-electron chi connectivity index (χ1n) is 4.53. The first-order chi connectivity index (χ1) is 6.49. The number of nitrogens with two attached hydrogens (primary N) is 2. The summed E-state index contributed by atoms with van der Waals surface area (Å²) in [5, 5.41) is 25.7. The van der Waals surface area contributed by atoms with Gasteiger partial charge in [0, 0.05) is 0 Å². The molecule has 7 N–H and O–H groups in total. The van der Waals surface area contributed by atoms with Gasteiger partial charge in [0.1, 0.15) is 6.04 Å². The Labute approximate surface area is 107 Å². The van der Waals surface area contributed by atoms with E-state index in [4.69, 9.17) is 26.6 Å². The largest absolute Gasteiger partial charge is 0.480 e. The molecule has 6 nitrogen and oxygen atoms in total. The van der Waals surface area contributed by atoms with Gasteiger partial charge in [-0.05, 0) is 25.2 Å². The lowest BCUT2D eigenvalue weighted by atomic mass is 9.81. The molecule has 9 heteroatoms. The molecule has 98 valence electrons. The molecule has 0 spiro atoms. The van der Waals surface area contributed by atoms with Crippen LogP contribution in [0.5, 0.6) is 0 Å². The standard InChI is InChI=1S/C7H17BN2O4.2ClH/c9-4-5(6(10)7(11)12)2-1-3-8(13)14;;/h5-6,13-14H,1-4,9-10H2,(H,11,12);2*1H/t5-,6-;;/m0../s1. The van der Waals surface area contributed by atoms with Gasteiger partial charge in [0.25, 0.3) is 0 Å². The van der Waals surface area contributed by atoms with Crippen LogP contribution in [0.2, 0.25) is 6.32 Å². The third-order valence-electron chi connectivity index (χ3n) is 2.13. The summed E-state index contributed by atoms with van der Waals surface area (Å²) in [4.78, 5) is 10.5. The molecule has 0 rings (SSSR count). The van der Waals surface area contributed by atoms with Crippen LogP contribution in [-0.2, 0) is 4.79 Å². The molecule has 2 atom stereocenters. The van der Waals surface area contributed by atoms with Gasteiger partial charge in [-0.1, -0.05) is 6.42 Å². The van der Waals surface area contributed by atoms with Gasteiger partial charge in [0.05, 0.1) is 0 Å². The van der Waals surface area contributed by atoms with Crippen molar-refractivity contribution in [2.75, 3.05) is 6.54 Å². The van der Waals surface area contributed by atoms with Crippen LogP contribution >= 0.6 is 24.8 Å². The predicted octanol–water partition coefficient (Wildman–Crippen LogP) is -0.930. The van der Waals surface area contributed by atoms with Gasteiger partial charge in [0.15, 0.2) is 0 Å². The molecule has 0 heterocycles. The fourth-order valence-corrected chi connectivity index (χ4v) is 1.21. The summed E-state index contributed by atoms with van der Waals surface area (Å²) in [6.07, 6.45) is 1.20. The van der Waals surface area contributed by atoms with Crippen molar-refractivity contribution in [3.8, 4) is 0 Å². The minimum atomic E-state index is -1.35. The van der Waals surface area contributed by atoms with E-state index in [-0.39, 0.29) is 43.6 Å². The first-order valence-corrected chi connectivity index (χ1v) is 4.53. The molecule has 0 aliphatic rings. The van der Waals surface area contributed by atoms with Crippen LogP contribution in [0.3, 0.4) is 0 Å². The Bertz CT molecular complexity index is 188. The van der Waals surface area contributed by atoms with Gasteiger partial charge < -0.3 is 26.6 Å². The summed E-state index contributed by atoms with van der Waals surface area (Å²) in [6.45, 7) is 0.189. The molecular formula is C7H19BCl2N2O4. The van der Waals surface area contributed by atoms with E-state index in [9.17, 15) is 4.79 Å². The Morgan fingerprint density at radius 3 is 2.12 bits per heavy atom. The molecule has 0 aliphatic carbocycles. The van der Waals surface area contributed by atoms with E-state index < -0.39 is 19.1 Å². The lowest BCUT2D eigenvalue weighted by Gasteiger charge is -2.18. The van der Waals surface area contributed by atoms with Gasteiger partial charge in [-0.3, -0.25) is 4.79 Å². The van der Waals surface area contributed by atoms with E-state index in [0.717, 1.165) is 0 Å². The number of halogens is 2. The minimum absolute atomic E-state index is 0. The molecule has 16 heavy (non-hydrogen) atoms. The molecule has 0 saturated heterocycles. The number of carboxylic acid groups (broad SMARTS) is 1. The maximum absolute atomic E-state index is 10.5. The average molecular weight is 277 g/mol. The minimum Gasteiger partial charge on any atom is -0.480 e. The molecule has 0 amide bonds. The molecular weight excluding hydrogens is 258 g/mol. The lowest BCUT2D eigenvalue weighted by molar-refractivity contribution is -0.139. The van der Waals surface area contributed by atoms with Crippen LogP contribution in [0.1, 0.15) is 12.8 Å². The van der Waals surface area contributed by atoms with Gasteiger partial charge in [0.2, 0.25) is 0 Å². The summed E-state index contributed by atoms with van der Waals surface area (Å²) in [5.74, 6) is -1.39. The summed E-state index contributed by atoms with van der Waals surface area (Å²) in [7, 11) is -1.35. The van der Waals surface area contributed by atoms with Gasteiger partial charge in [-0.2, -0.15) is 0 Å². The molecule has 0 aliphatic heterocycles. The maximum atomic E-state index is 10.5. The summed E-state index contributed by atoms with van der Waals surface area (Å²) in [6, 6.07) is -0.976. The number of hydrogen-bond acceptors (Lipinski definition) is 5. The fourth-order valence-electron chi connectivity index (χ4n) is 1.21. The SMILES string of the molecule is Cl.Cl.NC[C@H](CCCB(O)O)[C@H](N)C(=O)O. The second-order valence-electron chi connectivity index (χ2n) is 3.27. The fraction of sp³-hybridized carbons (Fsp3) is 0.857. The highest BCUT2D eigenvalue weighted by molar-refractivity contribution is 6.40.